The summed E-state index contributed by atoms with van der Waals surface area (Å²) in [6.45, 7) is 1.98. The molecular formula is C17H17FN2O4. The maximum atomic E-state index is 12.9. The van der Waals surface area contributed by atoms with E-state index < -0.39 is 11.5 Å². The average Bonchev–Trinajstić information content (AvgIpc) is 3.15. The van der Waals surface area contributed by atoms with Crippen LogP contribution in [0.4, 0.5) is 4.39 Å². The van der Waals surface area contributed by atoms with Crippen LogP contribution >= 0.6 is 0 Å². The lowest BCUT2D eigenvalue weighted by molar-refractivity contribution is -0.155. The summed E-state index contributed by atoms with van der Waals surface area (Å²) in [5.74, 6) is -1.36. The minimum Gasteiger partial charge on any atom is -0.480 e. The van der Waals surface area contributed by atoms with Gasteiger partial charge in [0.25, 0.3) is 0 Å². The van der Waals surface area contributed by atoms with Crippen molar-refractivity contribution in [2.24, 2.45) is 0 Å². The van der Waals surface area contributed by atoms with Gasteiger partial charge in [-0.05, 0) is 44.0 Å². The van der Waals surface area contributed by atoms with Gasteiger partial charge in [0.05, 0.1) is 12.1 Å². The molecule has 1 atom stereocenters. The monoisotopic (exact) mass is 332 g/mol. The summed E-state index contributed by atoms with van der Waals surface area (Å²) >= 11 is 0. The number of aromatic nitrogens is 1. The van der Waals surface area contributed by atoms with Gasteiger partial charge in [-0.15, -0.1) is 0 Å². The van der Waals surface area contributed by atoms with Crippen molar-refractivity contribution in [3.63, 3.8) is 0 Å². The largest absolute Gasteiger partial charge is 0.480 e. The van der Waals surface area contributed by atoms with Gasteiger partial charge in [0.15, 0.2) is 0 Å². The van der Waals surface area contributed by atoms with E-state index in [1.165, 1.54) is 35.4 Å². The smallest absolute Gasteiger partial charge is 0.329 e. The average molecular weight is 332 g/mol. The normalized spacial score (nSPS) is 20.3. The van der Waals surface area contributed by atoms with Gasteiger partial charge in [-0.3, -0.25) is 4.79 Å². The summed E-state index contributed by atoms with van der Waals surface area (Å²) in [6, 6.07) is 5.67. The minimum atomic E-state index is -1.17. The van der Waals surface area contributed by atoms with Gasteiger partial charge in [-0.1, -0.05) is 0 Å². The van der Waals surface area contributed by atoms with Gasteiger partial charge in [-0.2, -0.15) is 0 Å². The lowest BCUT2D eigenvalue weighted by Gasteiger charge is -2.31. The Bertz CT molecular complexity index is 771. The molecule has 1 unspecified atom stereocenters. The predicted molar refractivity (Wildman–Crippen MR) is 82.6 cm³/mol. The van der Waals surface area contributed by atoms with Crippen LogP contribution < -0.4 is 0 Å². The molecule has 1 N–H and O–H groups in total. The van der Waals surface area contributed by atoms with E-state index in [9.17, 15) is 19.1 Å². The third-order valence-electron chi connectivity index (χ3n) is 4.38. The molecule has 1 aromatic heterocycles. The fourth-order valence-electron chi connectivity index (χ4n) is 2.95. The fourth-order valence-corrected chi connectivity index (χ4v) is 2.95. The molecule has 24 heavy (non-hydrogen) atoms. The molecule has 126 valence electrons. The standard InChI is InChI=1S/C17H17FN2O4/c1-17(16(22)23)7-2-8-20(17)14(21)9-13-10-24-15(19-13)11-3-5-12(18)6-4-11/h3-6,10H,2,7-9H2,1H3,(H,22,23). The van der Waals surface area contributed by atoms with Crippen molar-refractivity contribution in [3.8, 4) is 11.5 Å². The molecule has 0 radical (unpaired) electrons. The molecule has 6 nitrogen and oxygen atoms in total. The van der Waals surface area contributed by atoms with Gasteiger partial charge in [0, 0.05) is 12.1 Å². The molecule has 2 heterocycles. The summed E-state index contributed by atoms with van der Waals surface area (Å²) in [4.78, 5) is 29.5. The van der Waals surface area contributed by atoms with Crippen LogP contribution in [0, 0.1) is 5.82 Å². The summed E-state index contributed by atoms with van der Waals surface area (Å²) in [6.07, 6.45) is 2.43. The number of carbonyl (C=O) groups excluding carboxylic acids is 1. The highest BCUT2D eigenvalue weighted by molar-refractivity contribution is 5.88. The van der Waals surface area contributed by atoms with E-state index in [1.54, 1.807) is 6.92 Å². The van der Waals surface area contributed by atoms with E-state index in [2.05, 4.69) is 4.98 Å². The van der Waals surface area contributed by atoms with Crippen LogP contribution in [0.15, 0.2) is 34.9 Å². The third kappa shape index (κ3) is 2.89. The number of aliphatic carboxylic acids is 1. The Balaban J connectivity index is 1.74. The van der Waals surface area contributed by atoms with E-state index in [4.69, 9.17) is 4.42 Å². The van der Waals surface area contributed by atoms with E-state index in [0.29, 0.717) is 36.5 Å². The zero-order chi connectivity index (χ0) is 17.3. The van der Waals surface area contributed by atoms with Crippen LogP contribution in [0.3, 0.4) is 0 Å². The number of carbonyl (C=O) groups is 2. The second kappa shape index (κ2) is 6.07. The van der Waals surface area contributed by atoms with Crippen LogP contribution in [-0.4, -0.2) is 39.0 Å². The van der Waals surface area contributed by atoms with Gasteiger partial charge in [0.1, 0.15) is 17.6 Å². The number of hydrogen-bond acceptors (Lipinski definition) is 4. The second-order valence-electron chi connectivity index (χ2n) is 6.06. The molecule has 1 aliphatic heterocycles. The Kier molecular flexibility index (Phi) is 4.09. The molecule has 0 bridgehead atoms. The molecule has 0 saturated carbocycles. The number of likely N-dealkylation sites (tertiary alicyclic amines) is 1. The molecule has 2 aromatic rings. The second-order valence-corrected chi connectivity index (χ2v) is 6.06. The molecule has 1 amide bonds. The number of rotatable bonds is 4. The molecular weight excluding hydrogens is 315 g/mol. The molecule has 1 aromatic carbocycles. The molecule has 1 saturated heterocycles. The van der Waals surface area contributed by atoms with E-state index >= 15 is 0 Å². The summed E-state index contributed by atoms with van der Waals surface area (Å²) < 4.78 is 18.3. The highest BCUT2D eigenvalue weighted by Gasteiger charge is 2.45. The lowest BCUT2D eigenvalue weighted by Crippen LogP contribution is -2.51. The molecule has 1 fully saturated rings. The number of nitrogens with zero attached hydrogens (tertiary/aromatic N) is 2. The number of carboxylic acid groups (broad SMARTS) is 1. The zero-order valence-electron chi connectivity index (χ0n) is 13.2. The summed E-state index contributed by atoms with van der Waals surface area (Å²) in [5.41, 5.74) is -0.147. The highest BCUT2D eigenvalue weighted by Crippen LogP contribution is 2.30. The van der Waals surface area contributed by atoms with Crippen LogP contribution in [0.2, 0.25) is 0 Å². The summed E-state index contributed by atoms with van der Waals surface area (Å²) in [5, 5.41) is 9.37. The van der Waals surface area contributed by atoms with Crippen molar-refractivity contribution in [2.75, 3.05) is 6.54 Å². The van der Waals surface area contributed by atoms with Crippen molar-refractivity contribution in [2.45, 2.75) is 31.7 Å². The molecule has 0 aliphatic carbocycles. The maximum Gasteiger partial charge on any atom is 0.329 e. The van der Waals surface area contributed by atoms with Crippen molar-refractivity contribution in [1.29, 1.82) is 0 Å². The van der Waals surface area contributed by atoms with E-state index in [0.717, 1.165) is 0 Å². The van der Waals surface area contributed by atoms with Crippen molar-refractivity contribution in [1.82, 2.24) is 9.88 Å². The van der Waals surface area contributed by atoms with Gasteiger partial charge in [0.2, 0.25) is 11.8 Å². The van der Waals surface area contributed by atoms with Crippen molar-refractivity contribution < 1.29 is 23.5 Å². The van der Waals surface area contributed by atoms with Gasteiger partial charge >= 0.3 is 5.97 Å². The third-order valence-corrected chi connectivity index (χ3v) is 4.38. The van der Waals surface area contributed by atoms with Crippen LogP contribution in [0.25, 0.3) is 11.5 Å². The Hall–Kier alpha value is -2.70. The van der Waals surface area contributed by atoms with Crippen molar-refractivity contribution >= 4 is 11.9 Å². The fraction of sp³-hybridized carbons (Fsp3) is 0.353. The van der Waals surface area contributed by atoms with Crippen LogP contribution in [0.5, 0.6) is 0 Å². The lowest BCUT2D eigenvalue weighted by atomic mass is 9.99. The highest BCUT2D eigenvalue weighted by atomic mass is 19.1. The first-order chi connectivity index (χ1) is 11.4. The topological polar surface area (TPSA) is 83.6 Å². The molecule has 7 heteroatoms. The van der Waals surface area contributed by atoms with Crippen LogP contribution in [0.1, 0.15) is 25.5 Å². The number of benzene rings is 1. The zero-order valence-corrected chi connectivity index (χ0v) is 13.2. The first-order valence-electron chi connectivity index (χ1n) is 7.64. The Morgan fingerprint density at radius 1 is 1.38 bits per heavy atom. The Morgan fingerprint density at radius 3 is 2.75 bits per heavy atom. The van der Waals surface area contributed by atoms with Gasteiger partial charge < -0.3 is 14.4 Å². The predicted octanol–water partition coefficient (Wildman–Crippen LogP) is 2.49. The minimum absolute atomic E-state index is 0.0342. The molecule has 0 spiro atoms. The first kappa shape index (κ1) is 16.2. The summed E-state index contributed by atoms with van der Waals surface area (Å²) in [7, 11) is 0. The number of amides is 1. The molecule has 1 aliphatic rings. The van der Waals surface area contributed by atoms with Gasteiger partial charge in [-0.25, -0.2) is 14.2 Å². The quantitative estimate of drug-likeness (QED) is 0.930. The van der Waals surface area contributed by atoms with Crippen LogP contribution in [-0.2, 0) is 16.0 Å². The number of oxazole rings is 1. The van der Waals surface area contributed by atoms with E-state index in [1.807, 2.05) is 0 Å². The maximum absolute atomic E-state index is 12.9. The number of hydrogen-bond donors (Lipinski definition) is 1. The molecule has 3 rings (SSSR count). The Morgan fingerprint density at radius 2 is 2.08 bits per heavy atom. The number of carboxylic acids is 1. The van der Waals surface area contributed by atoms with E-state index in [-0.39, 0.29) is 18.1 Å². The number of halogens is 1. The van der Waals surface area contributed by atoms with Crippen molar-refractivity contribution in [3.05, 3.63) is 42.0 Å². The Labute approximate surface area is 137 Å². The first-order valence-corrected chi connectivity index (χ1v) is 7.64. The SMILES string of the molecule is CC1(C(=O)O)CCCN1C(=O)Cc1coc(-c2ccc(F)cc2)n1.